The molecule has 1 aliphatic carbocycles. The van der Waals surface area contributed by atoms with Crippen LogP contribution in [0, 0.1) is 0 Å². The summed E-state index contributed by atoms with van der Waals surface area (Å²) < 4.78 is 9.97. The molecule has 6 nitrogen and oxygen atoms in total. The van der Waals surface area contributed by atoms with Gasteiger partial charge in [-0.3, -0.25) is 0 Å². The van der Waals surface area contributed by atoms with Crippen molar-refractivity contribution in [1.29, 1.82) is 0 Å². The van der Waals surface area contributed by atoms with Crippen LogP contribution in [0.3, 0.4) is 0 Å². The molecule has 0 aromatic heterocycles. The predicted octanol–water partition coefficient (Wildman–Crippen LogP) is 0.442. The van der Waals surface area contributed by atoms with E-state index in [0.29, 0.717) is 5.57 Å². The molecular weight excluding hydrogens is 228 g/mol. The third kappa shape index (κ3) is 1.96. The quantitative estimate of drug-likeness (QED) is 0.743. The van der Waals surface area contributed by atoms with E-state index in [1.54, 1.807) is 6.92 Å². The Morgan fingerprint density at radius 1 is 1.35 bits per heavy atom. The minimum absolute atomic E-state index is 0.112. The van der Waals surface area contributed by atoms with Gasteiger partial charge in [0.25, 0.3) is 0 Å². The first-order valence-electron chi connectivity index (χ1n) is 4.85. The zero-order valence-corrected chi connectivity index (χ0v) is 9.76. The second-order valence-corrected chi connectivity index (χ2v) is 3.65. The summed E-state index contributed by atoms with van der Waals surface area (Å²) in [5, 5.41) is 18.3. The van der Waals surface area contributed by atoms with Gasteiger partial charge in [0, 0.05) is 14.2 Å². The standard InChI is InChI=1S/C11H14O6/c1-6-4-5-11(17-3,10(14)15)8(16-2)7(6)9(12)13/h4-5,8H,1-3H3,(H,12,13)(H,14,15). The third-order valence-corrected chi connectivity index (χ3v) is 2.80. The van der Waals surface area contributed by atoms with E-state index in [1.165, 1.54) is 26.4 Å². The number of rotatable bonds is 4. The highest BCUT2D eigenvalue weighted by Crippen LogP contribution is 2.32. The molecule has 0 fully saturated rings. The average molecular weight is 242 g/mol. The summed E-state index contributed by atoms with van der Waals surface area (Å²) in [5.74, 6) is -2.52. The normalized spacial score (nSPS) is 28.3. The summed E-state index contributed by atoms with van der Waals surface area (Å²) in [6.07, 6.45) is 1.52. The Balaban J connectivity index is 3.38. The van der Waals surface area contributed by atoms with Crippen LogP contribution in [-0.4, -0.2) is 48.1 Å². The van der Waals surface area contributed by atoms with Crippen LogP contribution in [0.15, 0.2) is 23.3 Å². The third-order valence-electron chi connectivity index (χ3n) is 2.80. The largest absolute Gasteiger partial charge is 0.479 e. The van der Waals surface area contributed by atoms with Gasteiger partial charge in [-0.15, -0.1) is 0 Å². The molecule has 0 radical (unpaired) electrons. The van der Waals surface area contributed by atoms with Gasteiger partial charge in [-0.1, -0.05) is 6.08 Å². The molecule has 0 aromatic rings. The molecule has 1 rings (SSSR count). The molecule has 94 valence electrons. The van der Waals surface area contributed by atoms with Gasteiger partial charge in [0.15, 0.2) is 0 Å². The molecule has 2 unspecified atom stereocenters. The summed E-state index contributed by atoms with van der Waals surface area (Å²) in [4.78, 5) is 22.4. The van der Waals surface area contributed by atoms with E-state index in [1.807, 2.05) is 0 Å². The van der Waals surface area contributed by atoms with Gasteiger partial charge in [-0.05, 0) is 18.6 Å². The maximum Gasteiger partial charge on any atom is 0.343 e. The lowest BCUT2D eigenvalue weighted by molar-refractivity contribution is -0.169. The number of allylic oxidation sites excluding steroid dienone is 2. The van der Waals surface area contributed by atoms with Crippen LogP contribution < -0.4 is 0 Å². The van der Waals surface area contributed by atoms with Crippen molar-refractivity contribution in [2.24, 2.45) is 0 Å². The van der Waals surface area contributed by atoms with Gasteiger partial charge in [0.05, 0.1) is 5.57 Å². The fourth-order valence-electron chi connectivity index (χ4n) is 1.87. The minimum Gasteiger partial charge on any atom is -0.479 e. The van der Waals surface area contributed by atoms with Crippen LogP contribution in [0.5, 0.6) is 0 Å². The Kier molecular flexibility index (Phi) is 3.69. The van der Waals surface area contributed by atoms with Gasteiger partial charge in [-0.25, -0.2) is 9.59 Å². The summed E-state index contributed by atoms with van der Waals surface area (Å²) >= 11 is 0. The second kappa shape index (κ2) is 4.68. The molecule has 1 aliphatic rings. The van der Waals surface area contributed by atoms with E-state index in [4.69, 9.17) is 14.6 Å². The maximum atomic E-state index is 11.3. The van der Waals surface area contributed by atoms with Gasteiger partial charge in [-0.2, -0.15) is 0 Å². The number of hydrogen-bond acceptors (Lipinski definition) is 4. The lowest BCUT2D eigenvalue weighted by Gasteiger charge is -2.35. The van der Waals surface area contributed by atoms with Crippen molar-refractivity contribution in [3.63, 3.8) is 0 Å². The first kappa shape index (κ1) is 13.4. The highest BCUT2D eigenvalue weighted by molar-refractivity contribution is 5.94. The van der Waals surface area contributed by atoms with Crippen molar-refractivity contribution in [2.75, 3.05) is 14.2 Å². The van der Waals surface area contributed by atoms with Crippen molar-refractivity contribution in [2.45, 2.75) is 18.6 Å². The molecule has 0 aliphatic heterocycles. The van der Waals surface area contributed by atoms with Crippen LogP contribution in [0.1, 0.15) is 6.92 Å². The molecule has 0 heterocycles. The second-order valence-electron chi connectivity index (χ2n) is 3.65. The fourth-order valence-corrected chi connectivity index (χ4v) is 1.87. The van der Waals surface area contributed by atoms with Gasteiger partial charge in [0.1, 0.15) is 6.10 Å². The van der Waals surface area contributed by atoms with E-state index in [-0.39, 0.29) is 5.57 Å². The van der Waals surface area contributed by atoms with E-state index in [2.05, 4.69) is 0 Å². The van der Waals surface area contributed by atoms with Gasteiger partial charge >= 0.3 is 11.9 Å². The summed E-state index contributed by atoms with van der Waals surface area (Å²) in [5.41, 5.74) is -1.47. The lowest BCUT2D eigenvalue weighted by Crippen LogP contribution is -2.53. The molecule has 0 saturated heterocycles. The number of aliphatic carboxylic acids is 2. The molecule has 17 heavy (non-hydrogen) atoms. The van der Waals surface area contributed by atoms with E-state index < -0.39 is 23.6 Å². The molecule has 0 spiro atoms. The summed E-state index contributed by atoms with van der Waals surface area (Å²) in [6.45, 7) is 1.58. The lowest BCUT2D eigenvalue weighted by atomic mass is 9.83. The van der Waals surface area contributed by atoms with Crippen molar-refractivity contribution < 1.29 is 29.3 Å². The Hall–Kier alpha value is -1.66. The van der Waals surface area contributed by atoms with Crippen LogP contribution in [0.25, 0.3) is 0 Å². The molecule has 0 aromatic carbocycles. The maximum absolute atomic E-state index is 11.3. The monoisotopic (exact) mass is 242 g/mol. The first-order valence-corrected chi connectivity index (χ1v) is 4.85. The predicted molar refractivity (Wildman–Crippen MR) is 57.6 cm³/mol. The van der Waals surface area contributed by atoms with Crippen LogP contribution in [-0.2, 0) is 19.1 Å². The number of methoxy groups -OCH3 is 2. The molecule has 0 saturated carbocycles. The number of carboxylic acids is 2. The van der Waals surface area contributed by atoms with E-state index >= 15 is 0 Å². The zero-order valence-electron chi connectivity index (χ0n) is 9.76. The molecule has 2 atom stereocenters. The Morgan fingerprint density at radius 2 is 1.94 bits per heavy atom. The Morgan fingerprint density at radius 3 is 2.29 bits per heavy atom. The van der Waals surface area contributed by atoms with Crippen molar-refractivity contribution >= 4 is 11.9 Å². The van der Waals surface area contributed by atoms with E-state index in [0.717, 1.165) is 0 Å². The van der Waals surface area contributed by atoms with Crippen LogP contribution in [0.4, 0.5) is 0 Å². The zero-order chi connectivity index (χ0) is 13.2. The summed E-state index contributed by atoms with van der Waals surface area (Å²) in [7, 11) is 2.45. The van der Waals surface area contributed by atoms with E-state index in [9.17, 15) is 14.7 Å². The molecule has 0 bridgehead atoms. The molecular formula is C11H14O6. The Labute approximate surface area is 98.1 Å². The van der Waals surface area contributed by atoms with Crippen molar-refractivity contribution in [3.8, 4) is 0 Å². The van der Waals surface area contributed by atoms with Crippen LogP contribution >= 0.6 is 0 Å². The topological polar surface area (TPSA) is 93.1 Å². The highest BCUT2D eigenvalue weighted by Gasteiger charge is 2.50. The van der Waals surface area contributed by atoms with Gasteiger partial charge in [0.2, 0.25) is 5.60 Å². The number of ether oxygens (including phenoxy) is 2. The SMILES string of the molecule is COC1C(C(=O)O)=C(C)C=CC1(OC)C(=O)O. The van der Waals surface area contributed by atoms with Crippen molar-refractivity contribution in [1.82, 2.24) is 0 Å². The first-order chi connectivity index (χ1) is 7.90. The summed E-state index contributed by atoms with van der Waals surface area (Å²) in [6, 6.07) is 0. The fraction of sp³-hybridized carbons (Fsp3) is 0.455. The van der Waals surface area contributed by atoms with Gasteiger partial charge < -0.3 is 19.7 Å². The van der Waals surface area contributed by atoms with Crippen LogP contribution in [0.2, 0.25) is 0 Å². The average Bonchev–Trinajstić information content (AvgIpc) is 2.27. The highest BCUT2D eigenvalue weighted by atomic mass is 16.6. The number of carboxylic acid groups (broad SMARTS) is 2. The minimum atomic E-state index is -1.80. The number of hydrogen-bond donors (Lipinski definition) is 2. The Bertz CT molecular complexity index is 408. The molecule has 6 heteroatoms. The molecule has 2 N–H and O–H groups in total. The smallest absolute Gasteiger partial charge is 0.343 e. The molecule has 0 amide bonds. The number of carbonyl (C=O) groups is 2. The van der Waals surface area contributed by atoms with Crippen molar-refractivity contribution in [3.05, 3.63) is 23.3 Å².